The summed E-state index contributed by atoms with van der Waals surface area (Å²) in [6, 6.07) is 15.3. The molecular weight excluding hydrogens is 434 g/mol. The SMILES string of the molecule is CCCCCCCN(C)C1(OCc2ccc(-c3cccc(C)c3)cc2Br)CCCC1. The lowest BCUT2D eigenvalue weighted by Crippen LogP contribution is -2.46. The summed E-state index contributed by atoms with van der Waals surface area (Å²) in [7, 11) is 2.26. The monoisotopic (exact) mass is 471 g/mol. The van der Waals surface area contributed by atoms with E-state index in [4.69, 9.17) is 4.74 Å². The van der Waals surface area contributed by atoms with Crippen LogP contribution in [0.2, 0.25) is 0 Å². The fourth-order valence-corrected chi connectivity index (χ4v) is 5.09. The maximum Gasteiger partial charge on any atom is 0.121 e. The van der Waals surface area contributed by atoms with Crippen LogP contribution in [0.5, 0.6) is 0 Å². The summed E-state index contributed by atoms with van der Waals surface area (Å²) < 4.78 is 7.79. The molecule has 3 rings (SSSR count). The van der Waals surface area contributed by atoms with Crippen molar-refractivity contribution in [1.82, 2.24) is 4.90 Å². The molecule has 2 aromatic carbocycles. The molecule has 164 valence electrons. The normalized spacial score (nSPS) is 15.8. The van der Waals surface area contributed by atoms with E-state index in [1.54, 1.807) is 0 Å². The minimum absolute atomic E-state index is 0.0839. The van der Waals surface area contributed by atoms with Gasteiger partial charge in [0.25, 0.3) is 0 Å². The van der Waals surface area contributed by atoms with Gasteiger partial charge in [-0.3, -0.25) is 4.90 Å². The second-order valence-corrected chi connectivity index (χ2v) is 9.81. The lowest BCUT2D eigenvalue weighted by Gasteiger charge is -2.39. The Balaban J connectivity index is 1.61. The number of aryl methyl sites for hydroxylation is 1. The van der Waals surface area contributed by atoms with Gasteiger partial charge in [-0.2, -0.15) is 0 Å². The number of unbranched alkanes of at least 4 members (excludes halogenated alkanes) is 4. The van der Waals surface area contributed by atoms with Crippen molar-refractivity contribution in [3.63, 3.8) is 0 Å². The number of ether oxygens (including phenoxy) is 1. The zero-order chi connectivity index (χ0) is 21.4. The number of hydrogen-bond donors (Lipinski definition) is 0. The van der Waals surface area contributed by atoms with E-state index in [1.165, 1.54) is 67.2 Å². The van der Waals surface area contributed by atoms with Gasteiger partial charge in [0.15, 0.2) is 0 Å². The summed E-state index contributed by atoms with van der Waals surface area (Å²) >= 11 is 3.80. The summed E-state index contributed by atoms with van der Waals surface area (Å²) in [5, 5.41) is 0. The predicted octanol–water partition coefficient (Wildman–Crippen LogP) is 8.11. The minimum atomic E-state index is -0.0839. The Morgan fingerprint density at radius 3 is 2.40 bits per heavy atom. The van der Waals surface area contributed by atoms with Crippen molar-refractivity contribution < 1.29 is 4.74 Å². The summed E-state index contributed by atoms with van der Waals surface area (Å²) in [5.41, 5.74) is 4.94. The summed E-state index contributed by atoms with van der Waals surface area (Å²) in [5.74, 6) is 0. The fraction of sp³-hybridized carbons (Fsp3) is 0.556. The Hall–Kier alpha value is -1.16. The summed E-state index contributed by atoms with van der Waals surface area (Å²) in [6.07, 6.45) is 11.5. The highest BCUT2D eigenvalue weighted by atomic mass is 79.9. The van der Waals surface area contributed by atoms with Crippen molar-refractivity contribution in [1.29, 1.82) is 0 Å². The van der Waals surface area contributed by atoms with Gasteiger partial charge in [0.1, 0.15) is 5.72 Å². The molecule has 1 aliphatic carbocycles. The Kier molecular flexibility index (Phi) is 8.98. The number of hydrogen-bond acceptors (Lipinski definition) is 2. The largest absolute Gasteiger partial charge is 0.356 e. The van der Waals surface area contributed by atoms with E-state index in [0.29, 0.717) is 6.61 Å². The molecule has 0 saturated heterocycles. The highest BCUT2D eigenvalue weighted by molar-refractivity contribution is 9.10. The first-order valence-electron chi connectivity index (χ1n) is 11.7. The van der Waals surface area contributed by atoms with Crippen molar-refractivity contribution in [3.8, 4) is 11.1 Å². The number of nitrogens with zero attached hydrogens (tertiary/aromatic N) is 1. The van der Waals surface area contributed by atoms with E-state index in [-0.39, 0.29) is 5.72 Å². The first kappa shape index (κ1) is 23.5. The minimum Gasteiger partial charge on any atom is -0.356 e. The predicted molar refractivity (Wildman–Crippen MR) is 132 cm³/mol. The van der Waals surface area contributed by atoms with Gasteiger partial charge in [-0.05, 0) is 68.8 Å². The summed E-state index contributed by atoms with van der Waals surface area (Å²) in [4.78, 5) is 2.50. The molecule has 1 aliphatic rings. The van der Waals surface area contributed by atoms with Gasteiger partial charge in [-0.25, -0.2) is 0 Å². The molecule has 0 bridgehead atoms. The lowest BCUT2D eigenvalue weighted by atomic mass is 10.0. The van der Waals surface area contributed by atoms with E-state index >= 15 is 0 Å². The van der Waals surface area contributed by atoms with Crippen molar-refractivity contribution in [2.75, 3.05) is 13.6 Å². The van der Waals surface area contributed by atoms with E-state index in [2.05, 4.69) is 84.2 Å². The molecule has 1 saturated carbocycles. The third-order valence-electron chi connectivity index (χ3n) is 6.58. The van der Waals surface area contributed by atoms with Crippen molar-refractivity contribution in [3.05, 3.63) is 58.1 Å². The number of benzene rings is 2. The van der Waals surface area contributed by atoms with E-state index in [1.807, 2.05) is 0 Å². The van der Waals surface area contributed by atoms with Gasteiger partial charge in [0, 0.05) is 11.0 Å². The standard InChI is InChI=1S/C27H38BrNO/c1-4-5-6-7-10-18-29(3)27(16-8-9-17-27)30-21-25-15-14-24(20-26(25)28)23-13-11-12-22(2)19-23/h11-15,19-20H,4-10,16-18,21H2,1-3H3. The third-order valence-corrected chi connectivity index (χ3v) is 7.32. The highest BCUT2D eigenvalue weighted by Gasteiger charge is 2.38. The number of rotatable bonds is 11. The van der Waals surface area contributed by atoms with Crippen molar-refractivity contribution in [2.24, 2.45) is 0 Å². The highest BCUT2D eigenvalue weighted by Crippen LogP contribution is 2.37. The van der Waals surface area contributed by atoms with Gasteiger partial charge in [-0.15, -0.1) is 0 Å². The molecule has 0 spiro atoms. The van der Waals surface area contributed by atoms with Crippen LogP contribution in [0.15, 0.2) is 46.9 Å². The fourth-order valence-electron chi connectivity index (χ4n) is 4.60. The smallest absolute Gasteiger partial charge is 0.121 e. The Morgan fingerprint density at radius 2 is 1.70 bits per heavy atom. The molecule has 0 aliphatic heterocycles. The molecule has 1 fully saturated rings. The van der Waals surface area contributed by atoms with E-state index in [9.17, 15) is 0 Å². The third kappa shape index (κ3) is 6.18. The van der Waals surface area contributed by atoms with Crippen LogP contribution in [0.1, 0.15) is 75.8 Å². The van der Waals surface area contributed by atoms with Crippen LogP contribution in [-0.4, -0.2) is 24.2 Å². The molecule has 0 radical (unpaired) electrons. The van der Waals surface area contributed by atoms with E-state index in [0.717, 1.165) is 23.9 Å². The van der Waals surface area contributed by atoms with Crippen molar-refractivity contribution >= 4 is 15.9 Å². The maximum absolute atomic E-state index is 6.66. The van der Waals surface area contributed by atoms with Crippen LogP contribution in [0, 0.1) is 6.92 Å². The van der Waals surface area contributed by atoms with Crippen LogP contribution in [0.4, 0.5) is 0 Å². The molecule has 2 nitrogen and oxygen atoms in total. The second-order valence-electron chi connectivity index (χ2n) is 8.95. The zero-order valence-corrected chi connectivity index (χ0v) is 20.6. The molecule has 30 heavy (non-hydrogen) atoms. The lowest BCUT2D eigenvalue weighted by molar-refractivity contribution is -0.151. The van der Waals surface area contributed by atoms with Crippen LogP contribution in [0.3, 0.4) is 0 Å². The molecule has 3 heteroatoms. The van der Waals surface area contributed by atoms with Crippen LogP contribution >= 0.6 is 15.9 Å². The van der Waals surface area contributed by atoms with Gasteiger partial charge < -0.3 is 4.74 Å². The molecule has 0 amide bonds. The molecule has 0 aromatic heterocycles. The van der Waals surface area contributed by atoms with Crippen LogP contribution < -0.4 is 0 Å². The van der Waals surface area contributed by atoms with Gasteiger partial charge in [0.2, 0.25) is 0 Å². The molecule has 0 heterocycles. The summed E-state index contributed by atoms with van der Waals surface area (Å²) in [6.45, 7) is 6.22. The molecular formula is C27H38BrNO. The molecule has 0 atom stereocenters. The first-order valence-corrected chi connectivity index (χ1v) is 12.5. The van der Waals surface area contributed by atoms with E-state index < -0.39 is 0 Å². The van der Waals surface area contributed by atoms with Crippen molar-refractivity contribution in [2.45, 2.75) is 84.0 Å². The molecule has 0 N–H and O–H groups in total. The van der Waals surface area contributed by atoms with Crippen LogP contribution in [0.25, 0.3) is 11.1 Å². The Morgan fingerprint density at radius 1 is 0.967 bits per heavy atom. The van der Waals surface area contributed by atoms with Gasteiger partial charge in [0.05, 0.1) is 6.61 Å². The van der Waals surface area contributed by atoms with Crippen LogP contribution in [-0.2, 0) is 11.3 Å². The average molecular weight is 473 g/mol. The number of halogens is 1. The Labute approximate surface area is 192 Å². The maximum atomic E-state index is 6.66. The second kappa shape index (κ2) is 11.5. The first-order chi connectivity index (χ1) is 14.5. The van der Waals surface area contributed by atoms with Gasteiger partial charge in [-0.1, -0.05) is 90.5 Å². The Bertz CT molecular complexity index is 797. The average Bonchev–Trinajstić information content (AvgIpc) is 3.23. The molecule has 0 unspecified atom stereocenters. The molecule has 2 aromatic rings. The zero-order valence-electron chi connectivity index (χ0n) is 19.1. The quantitative estimate of drug-likeness (QED) is 0.242. The topological polar surface area (TPSA) is 12.5 Å². The van der Waals surface area contributed by atoms with Gasteiger partial charge >= 0.3 is 0 Å².